The summed E-state index contributed by atoms with van der Waals surface area (Å²) in [5.74, 6) is -5.89. The van der Waals surface area contributed by atoms with Crippen molar-refractivity contribution in [3.63, 3.8) is 0 Å². The zero-order valence-electron chi connectivity index (χ0n) is 16.8. The lowest BCUT2D eigenvalue weighted by atomic mass is 10.1. The number of hydrogen-bond acceptors (Lipinski definition) is 7. The van der Waals surface area contributed by atoms with E-state index in [1.54, 1.807) is 0 Å². The minimum absolute atomic E-state index is 0.218. The topological polar surface area (TPSA) is 208 Å². The molecule has 0 saturated carbocycles. The van der Waals surface area contributed by atoms with Crippen LogP contribution in [0.2, 0.25) is 0 Å². The summed E-state index contributed by atoms with van der Waals surface area (Å²) in [4.78, 5) is 72.8. The Kier molecular flexibility index (Phi) is 8.30. The summed E-state index contributed by atoms with van der Waals surface area (Å²) in [6.45, 7) is 1.08. The van der Waals surface area contributed by atoms with Crippen LogP contribution in [0.1, 0.15) is 38.5 Å². The van der Waals surface area contributed by atoms with E-state index in [-0.39, 0.29) is 11.9 Å². The minimum Gasteiger partial charge on any atom is -0.481 e. The highest BCUT2D eigenvalue weighted by Gasteiger charge is 2.39. The highest BCUT2D eigenvalue weighted by atomic mass is 16.4. The van der Waals surface area contributed by atoms with Crippen molar-refractivity contribution >= 4 is 35.6 Å². The fourth-order valence-electron chi connectivity index (χ4n) is 3.72. The molecule has 2 fully saturated rings. The van der Waals surface area contributed by atoms with E-state index in [1.165, 1.54) is 4.90 Å². The summed E-state index contributed by atoms with van der Waals surface area (Å²) in [5, 5.41) is 25.4. The van der Waals surface area contributed by atoms with E-state index in [4.69, 9.17) is 15.9 Å². The van der Waals surface area contributed by atoms with Gasteiger partial charge in [0.15, 0.2) is 0 Å². The molecule has 0 aromatic heterocycles. The summed E-state index contributed by atoms with van der Waals surface area (Å²) in [6.07, 6.45) is 0.837. The number of carbonyl (C=O) groups is 6. The molecule has 13 heteroatoms. The van der Waals surface area contributed by atoms with Gasteiger partial charge in [0.05, 0.1) is 18.9 Å². The fourth-order valence-corrected chi connectivity index (χ4v) is 3.72. The zero-order valence-corrected chi connectivity index (χ0v) is 16.8. The zero-order chi connectivity index (χ0) is 23.1. The highest BCUT2D eigenvalue weighted by molar-refractivity contribution is 5.97. The van der Waals surface area contributed by atoms with E-state index < -0.39 is 60.6 Å². The predicted octanol–water partition coefficient (Wildman–Crippen LogP) is -2.87. The Morgan fingerprint density at radius 3 is 2.16 bits per heavy atom. The fraction of sp³-hybridized carbons (Fsp3) is 0.667. The van der Waals surface area contributed by atoms with Crippen LogP contribution in [0.4, 0.5) is 0 Å². The summed E-state index contributed by atoms with van der Waals surface area (Å²) in [5.41, 5.74) is 5.08. The average Bonchev–Trinajstić information content (AvgIpc) is 3.37. The lowest BCUT2D eigenvalue weighted by Gasteiger charge is -2.28. The molecular weight excluding hydrogens is 414 g/mol. The quantitative estimate of drug-likeness (QED) is 0.206. The van der Waals surface area contributed by atoms with Gasteiger partial charge in [0.1, 0.15) is 18.1 Å². The summed E-state index contributed by atoms with van der Waals surface area (Å²) >= 11 is 0. The molecule has 2 aliphatic rings. The van der Waals surface area contributed by atoms with Gasteiger partial charge in [-0.1, -0.05) is 0 Å². The Morgan fingerprint density at radius 2 is 1.61 bits per heavy atom. The van der Waals surface area contributed by atoms with Gasteiger partial charge in [0.25, 0.3) is 0 Å². The maximum Gasteiger partial charge on any atom is 0.305 e. The Morgan fingerprint density at radius 1 is 0.968 bits per heavy atom. The molecule has 0 spiro atoms. The molecule has 4 atom stereocenters. The first-order valence-electron chi connectivity index (χ1n) is 9.97. The molecule has 2 heterocycles. The van der Waals surface area contributed by atoms with E-state index in [1.807, 2.05) is 0 Å². The van der Waals surface area contributed by atoms with Gasteiger partial charge in [-0.2, -0.15) is 0 Å². The first-order valence-corrected chi connectivity index (χ1v) is 9.97. The van der Waals surface area contributed by atoms with Crippen molar-refractivity contribution in [3.8, 4) is 0 Å². The van der Waals surface area contributed by atoms with Crippen LogP contribution in [-0.2, 0) is 28.8 Å². The lowest BCUT2D eigenvalue weighted by Crippen LogP contribution is -2.57. The number of likely N-dealkylation sites (tertiary alicyclic amines) is 1. The number of aliphatic carboxylic acids is 2. The smallest absolute Gasteiger partial charge is 0.305 e. The molecule has 2 aliphatic heterocycles. The number of nitrogens with zero attached hydrogens (tertiary/aromatic N) is 1. The third-order valence-electron chi connectivity index (χ3n) is 5.25. The molecule has 2 rings (SSSR count). The van der Waals surface area contributed by atoms with Gasteiger partial charge in [0, 0.05) is 6.54 Å². The van der Waals surface area contributed by atoms with Crippen LogP contribution in [0, 0.1) is 0 Å². The van der Waals surface area contributed by atoms with E-state index in [2.05, 4.69) is 16.0 Å². The number of nitrogens with two attached hydrogens (primary N) is 1. The van der Waals surface area contributed by atoms with E-state index in [0.29, 0.717) is 32.4 Å². The molecule has 172 valence electrons. The molecular formula is C18H27N5O8. The van der Waals surface area contributed by atoms with Gasteiger partial charge in [-0.15, -0.1) is 0 Å². The average molecular weight is 441 g/mol. The summed E-state index contributed by atoms with van der Waals surface area (Å²) in [6, 6.07) is -4.39. The van der Waals surface area contributed by atoms with E-state index in [9.17, 15) is 28.8 Å². The Labute approximate surface area is 177 Å². The number of primary amides is 1. The lowest BCUT2D eigenvalue weighted by molar-refractivity contribution is -0.144. The molecule has 7 N–H and O–H groups in total. The SMILES string of the molecule is NC(=O)[C@@H](CC(=O)O)NC(=O)[C@H](CC(=O)O)NC(=O)[C@@H]1CCCN1C(=O)[C@@H]1CCCN1. The Hall–Kier alpha value is -3.22. The van der Waals surface area contributed by atoms with Crippen molar-refractivity contribution in [1.29, 1.82) is 0 Å². The van der Waals surface area contributed by atoms with Gasteiger partial charge in [-0.3, -0.25) is 28.8 Å². The standard InChI is InChI=1S/C18H27N5O8/c19-15(28)10(7-13(24)25)21-16(29)11(8-14(26)27)22-17(30)12-4-2-6-23(12)18(31)9-3-1-5-20-9/h9-12,20H,1-8H2,(H2,19,28)(H,21,29)(H,22,30)(H,24,25)(H,26,27)/t9-,10+,11-,12-/m0/s1. The third-order valence-corrected chi connectivity index (χ3v) is 5.25. The van der Waals surface area contributed by atoms with Crippen LogP contribution in [0.15, 0.2) is 0 Å². The Bertz CT molecular complexity index is 751. The van der Waals surface area contributed by atoms with E-state index >= 15 is 0 Å². The maximum absolute atomic E-state index is 12.8. The molecule has 0 bridgehead atoms. The number of carbonyl (C=O) groups excluding carboxylic acids is 4. The molecule has 31 heavy (non-hydrogen) atoms. The van der Waals surface area contributed by atoms with Crippen molar-refractivity contribution < 1.29 is 39.0 Å². The number of rotatable bonds is 10. The van der Waals surface area contributed by atoms with Crippen LogP contribution in [-0.4, -0.2) is 87.9 Å². The molecule has 0 aromatic carbocycles. The Balaban J connectivity index is 2.07. The second-order valence-corrected chi connectivity index (χ2v) is 7.56. The molecule has 4 amide bonds. The van der Waals surface area contributed by atoms with Crippen LogP contribution in [0.25, 0.3) is 0 Å². The molecule has 13 nitrogen and oxygen atoms in total. The minimum atomic E-state index is -1.58. The second kappa shape index (κ2) is 10.7. The number of hydrogen-bond donors (Lipinski definition) is 6. The number of carboxylic acid groups (broad SMARTS) is 2. The van der Waals surface area contributed by atoms with Crippen LogP contribution in [0.3, 0.4) is 0 Å². The maximum atomic E-state index is 12.8. The van der Waals surface area contributed by atoms with Crippen molar-refractivity contribution in [1.82, 2.24) is 20.9 Å². The monoisotopic (exact) mass is 441 g/mol. The van der Waals surface area contributed by atoms with Crippen molar-refractivity contribution in [2.45, 2.75) is 62.7 Å². The highest BCUT2D eigenvalue weighted by Crippen LogP contribution is 2.21. The van der Waals surface area contributed by atoms with Gasteiger partial charge in [-0.05, 0) is 32.2 Å². The number of nitrogens with one attached hydrogen (secondary N) is 3. The van der Waals surface area contributed by atoms with Gasteiger partial charge in [-0.25, -0.2) is 0 Å². The predicted molar refractivity (Wildman–Crippen MR) is 103 cm³/mol. The van der Waals surface area contributed by atoms with Gasteiger partial charge in [0.2, 0.25) is 23.6 Å². The molecule has 0 aliphatic carbocycles. The van der Waals surface area contributed by atoms with Crippen molar-refractivity contribution in [3.05, 3.63) is 0 Å². The first-order chi connectivity index (χ1) is 14.6. The number of carboxylic acids is 2. The third kappa shape index (κ3) is 6.64. The second-order valence-electron chi connectivity index (χ2n) is 7.56. The van der Waals surface area contributed by atoms with Crippen LogP contribution < -0.4 is 21.7 Å². The van der Waals surface area contributed by atoms with E-state index in [0.717, 1.165) is 6.42 Å². The normalized spacial score (nSPS) is 22.4. The molecule has 2 saturated heterocycles. The van der Waals surface area contributed by atoms with Gasteiger partial charge >= 0.3 is 11.9 Å². The van der Waals surface area contributed by atoms with Crippen LogP contribution >= 0.6 is 0 Å². The van der Waals surface area contributed by atoms with Gasteiger partial charge < -0.3 is 36.8 Å². The summed E-state index contributed by atoms with van der Waals surface area (Å²) < 4.78 is 0. The van der Waals surface area contributed by atoms with Crippen molar-refractivity contribution in [2.75, 3.05) is 13.1 Å². The summed E-state index contributed by atoms with van der Waals surface area (Å²) in [7, 11) is 0. The largest absolute Gasteiger partial charge is 0.481 e. The molecule has 0 aromatic rings. The van der Waals surface area contributed by atoms with Crippen LogP contribution in [0.5, 0.6) is 0 Å². The number of amides is 4. The van der Waals surface area contributed by atoms with Crippen molar-refractivity contribution in [2.24, 2.45) is 5.73 Å². The molecule has 0 radical (unpaired) electrons. The molecule has 0 unspecified atom stereocenters. The first kappa shape index (κ1) is 24.1.